The van der Waals surface area contributed by atoms with E-state index < -0.39 is 91.5 Å². The number of rotatable bonds is 64. The summed E-state index contributed by atoms with van der Waals surface area (Å²) in [5.41, 5.74) is 0. The van der Waals surface area contributed by atoms with Crippen LogP contribution >= 0.6 is 15.6 Å². The number of hydrogen-bond acceptors (Lipinski definition) is 14. The standard InChI is InChI=1S/C75H122O16P2/c1-4-7-10-13-16-19-22-25-28-30-32-33-34-35-37-39-41-43-46-49-52-55-58-61-73(78)85-64-70(76)65-87-92(81,82)88-66-71(77)67-89-93(83,84)90-69-72(91-75(80)63-60-57-54-51-48-45-40-27-24-21-18-15-12-9-6-3)68-86-74(79)62-59-56-53-50-47-44-42-38-36-31-29-26-23-20-17-14-11-8-5-2/h7-8,10-11,16-21,25-29,32-33,35-38,40,44,47,53,56,70-72,76-77H,4-6,9,12-15,22-24,30-31,34,39,41-43,45-46,48-52,54-55,57-69H2,1-3H3,(H,81,82)(H,83,84)/b10-7-,11-8-,19-16-,20-17-,21-18-,28-25-,29-26-,33-32-,37-35-,38-36-,40-27-,47-44-,56-53-. The smallest absolute Gasteiger partial charge is 0.463 e. The van der Waals surface area contributed by atoms with Crippen LogP contribution in [0, 0.1) is 0 Å². The summed E-state index contributed by atoms with van der Waals surface area (Å²) in [6, 6.07) is 0. The van der Waals surface area contributed by atoms with Crippen LogP contribution in [0.15, 0.2) is 158 Å². The fourth-order valence-electron chi connectivity index (χ4n) is 8.47. The van der Waals surface area contributed by atoms with E-state index in [2.05, 4.69) is 161 Å². The van der Waals surface area contributed by atoms with Crippen LogP contribution in [0.25, 0.3) is 0 Å². The number of carbonyl (C=O) groups excluding carboxylic acids is 3. The zero-order valence-corrected chi connectivity index (χ0v) is 58.9. The number of ether oxygens (including phenoxy) is 3. The van der Waals surface area contributed by atoms with Gasteiger partial charge in [0.2, 0.25) is 0 Å². The fourth-order valence-corrected chi connectivity index (χ4v) is 10.1. The summed E-state index contributed by atoms with van der Waals surface area (Å²) in [6.45, 7) is 2.27. The third-order valence-electron chi connectivity index (χ3n) is 13.7. The van der Waals surface area contributed by atoms with Gasteiger partial charge in [-0.2, -0.15) is 0 Å². The molecule has 0 radical (unpaired) electrons. The first-order valence-corrected chi connectivity index (χ1v) is 37.8. The molecule has 0 aromatic carbocycles. The van der Waals surface area contributed by atoms with Gasteiger partial charge in [-0.25, -0.2) is 9.13 Å². The Bertz CT molecular complexity index is 2320. The molecule has 0 bridgehead atoms. The molecule has 18 heteroatoms. The highest BCUT2D eigenvalue weighted by Gasteiger charge is 2.29. The lowest BCUT2D eigenvalue weighted by molar-refractivity contribution is -0.161. The molecule has 16 nitrogen and oxygen atoms in total. The molecule has 0 rings (SSSR count). The Morgan fingerprint density at radius 3 is 0.968 bits per heavy atom. The van der Waals surface area contributed by atoms with Crippen molar-refractivity contribution in [3.63, 3.8) is 0 Å². The van der Waals surface area contributed by atoms with Crippen LogP contribution < -0.4 is 0 Å². The number of unbranched alkanes of at least 4 members (excludes halogenated alkanes) is 15. The van der Waals surface area contributed by atoms with E-state index in [0.717, 1.165) is 154 Å². The number of carbonyl (C=O) groups is 3. The third kappa shape index (κ3) is 68.4. The molecule has 0 saturated heterocycles. The molecule has 0 aromatic rings. The number of phosphoric acid groups is 2. The maximum absolute atomic E-state index is 12.9. The molecule has 0 spiro atoms. The van der Waals surface area contributed by atoms with Gasteiger partial charge in [-0.1, -0.05) is 243 Å². The summed E-state index contributed by atoms with van der Waals surface area (Å²) in [5.74, 6) is -1.71. The zero-order chi connectivity index (χ0) is 68.1. The van der Waals surface area contributed by atoms with E-state index in [1.807, 2.05) is 18.2 Å². The zero-order valence-electron chi connectivity index (χ0n) is 57.1. The summed E-state index contributed by atoms with van der Waals surface area (Å²) < 4.78 is 60.8. The topological polar surface area (TPSA) is 231 Å². The van der Waals surface area contributed by atoms with Crippen LogP contribution in [0.4, 0.5) is 0 Å². The van der Waals surface area contributed by atoms with E-state index in [-0.39, 0.29) is 19.3 Å². The van der Waals surface area contributed by atoms with E-state index in [4.69, 9.17) is 32.3 Å². The number of hydrogen-bond donors (Lipinski definition) is 4. The highest BCUT2D eigenvalue weighted by Crippen LogP contribution is 2.45. The predicted molar refractivity (Wildman–Crippen MR) is 380 cm³/mol. The molecule has 528 valence electrons. The highest BCUT2D eigenvalue weighted by atomic mass is 31.2. The van der Waals surface area contributed by atoms with Crippen LogP contribution in [0.1, 0.15) is 239 Å². The van der Waals surface area contributed by atoms with Gasteiger partial charge in [0.05, 0.1) is 26.4 Å². The molecule has 0 aliphatic heterocycles. The monoisotopic (exact) mass is 1340 g/mol. The van der Waals surface area contributed by atoms with Gasteiger partial charge >= 0.3 is 33.6 Å². The Balaban J connectivity index is 4.73. The summed E-state index contributed by atoms with van der Waals surface area (Å²) in [7, 11) is -9.82. The van der Waals surface area contributed by atoms with Gasteiger partial charge in [-0.3, -0.25) is 32.5 Å². The predicted octanol–water partition coefficient (Wildman–Crippen LogP) is 19.5. The normalized spacial score (nSPS) is 15.1. The molecule has 0 aliphatic carbocycles. The van der Waals surface area contributed by atoms with Crippen molar-refractivity contribution in [1.82, 2.24) is 0 Å². The van der Waals surface area contributed by atoms with Gasteiger partial charge in [0, 0.05) is 19.3 Å². The Labute approximate surface area is 561 Å². The van der Waals surface area contributed by atoms with E-state index in [1.54, 1.807) is 0 Å². The molecular formula is C75H122O16P2. The lowest BCUT2D eigenvalue weighted by atomic mass is 10.1. The number of allylic oxidation sites excluding steroid dienone is 26. The summed E-state index contributed by atoms with van der Waals surface area (Å²) in [4.78, 5) is 58.4. The van der Waals surface area contributed by atoms with Crippen molar-refractivity contribution in [3.05, 3.63) is 158 Å². The number of aliphatic hydroxyl groups excluding tert-OH is 2. The fraction of sp³-hybridized carbons (Fsp3) is 0.613. The first-order chi connectivity index (χ1) is 45.2. The van der Waals surface area contributed by atoms with Crippen molar-refractivity contribution < 1.29 is 75.8 Å². The van der Waals surface area contributed by atoms with Crippen LogP contribution in [0.3, 0.4) is 0 Å². The summed E-state index contributed by atoms with van der Waals surface area (Å²) in [6.07, 6.45) is 81.6. The lowest BCUT2D eigenvalue weighted by Gasteiger charge is -2.21. The average Bonchev–Trinajstić information content (AvgIpc) is 3.19. The molecule has 5 atom stereocenters. The van der Waals surface area contributed by atoms with Crippen LogP contribution in [-0.4, -0.2) is 95.9 Å². The first-order valence-electron chi connectivity index (χ1n) is 34.8. The molecule has 5 unspecified atom stereocenters. The van der Waals surface area contributed by atoms with Gasteiger partial charge in [0.15, 0.2) is 6.10 Å². The van der Waals surface area contributed by atoms with E-state index in [1.165, 1.54) is 19.3 Å². The van der Waals surface area contributed by atoms with E-state index >= 15 is 0 Å². The third-order valence-corrected chi connectivity index (χ3v) is 15.6. The van der Waals surface area contributed by atoms with Gasteiger partial charge in [-0.15, -0.1) is 0 Å². The van der Waals surface area contributed by atoms with Crippen molar-refractivity contribution in [2.75, 3.05) is 39.6 Å². The Morgan fingerprint density at radius 2 is 0.591 bits per heavy atom. The molecule has 0 heterocycles. The van der Waals surface area contributed by atoms with Crippen molar-refractivity contribution in [2.45, 2.75) is 257 Å². The first kappa shape index (κ1) is 88.2. The number of aliphatic hydroxyl groups is 2. The number of esters is 3. The van der Waals surface area contributed by atoms with Crippen molar-refractivity contribution in [3.8, 4) is 0 Å². The van der Waals surface area contributed by atoms with Gasteiger partial charge in [-0.05, 0) is 135 Å². The average molecular weight is 1340 g/mol. The highest BCUT2D eigenvalue weighted by molar-refractivity contribution is 7.47. The summed E-state index contributed by atoms with van der Waals surface area (Å²) in [5, 5.41) is 20.6. The molecule has 0 aromatic heterocycles. The van der Waals surface area contributed by atoms with Crippen LogP contribution in [-0.2, 0) is 55.8 Å². The van der Waals surface area contributed by atoms with Gasteiger partial charge < -0.3 is 34.2 Å². The second kappa shape index (κ2) is 67.2. The van der Waals surface area contributed by atoms with Crippen molar-refractivity contribution >= 4 is 33.6 Å². The van der Waals surface area contributed by atoms with Gasteiger partial charge in [0.1, 0.15) is 25.4 Å². The second-order valence-corrected chi connectivity index (χ2v) is 25.5. The molecule has 0 fully saturated rings. The molecular weight excluding hydrogens is 1220 g/mol. The number of phosphoric ester groups is 2. The SMILES string of the molecule is CC/C=C\C/C=C\C/C=C\C/C=C\C/C=C\C/C=C\CCC(=O)OCC(COP(=O)(O)OCC(O)COP(=O)(O)OCC(O)COC(=O)CCCCCCCCC/C=C\C/C=C\C/C=C\C/C=C\C/C=C\CC)OC(=O)CCCCCCC/C=C\C/C=C\CCCCC. The largest absolute Gasteiger partial charge is 0.472 e. The Morgan fingerprint density at radius 1 is 0.312 bits per heavy atom. The van der Waals surface area contributed by atoms with Crippen LogP contribution in [0.5, 0.6) is 0 Å². The maximum atomic E-state index is 12.9. The Hall–Kier alpha value is -4.83. The van der Waals surface area contributed by atoms with Crippen LogP contribution in [0.2, 0.25) is 0 Å². The molecule has 0 saturated carbocycles. The molecule has 4 N–H and O–H groups in total. The van der Waals surface area contributed by atoms with Gasteiger partial charge in [0.25, 0.3) is 0 Å². The van der Waals surface area contributed by atoms with Crippen molar-refractivity contribution in [2.24, 2.45) is 0 Å². The minimum atomic E-state index is -4.95. The van der Waals surface area contributed by atoms with E-state index in [9.17, 15) is 43.5 Å². The molecule has 0 amide bonds. The maximum Gasteiger partial charge on any atom is 0.472 e. The van der Waals surface area contributed by atoms with Crippen molar-refractivity contribution in [1.29, 1.82) is 0 Å². The quantitative estimate of drug-likeness (QED) is 0.0146. The minimum absolute atomic E-state index is 0.0365. The second-order valence-electron chi connectivity index (χ2n) is 22.6. The van der Waals surface area contributed by atoms with E-state index in [0.29, 0.717) is 25.7 Å². The minimum Gasteiger partial charge on any atom is -0.463 e. The lowest BCUT2D eigenvalue weighted by Crippen LogP contribution is -2.30. The molecule has 0 aliphatic rings. The Kier molecular flexibility index (Phi) is 63.7. The summed E-state index contributed by atoms with van der Waals surface area (Å²) >= 11 is 0. The molecule has 93 heavy (non-hydrogen) atoms.